The van der Waals surface area contributed by atoms with Crippen molar-refractivity contribution in [2.24, 2.45) is 0 Å². The predicted molar refractivity (Wildman–Crippen MR) is 69.6 cm³/mol. The average Bonchev–Trinajstić information content (AvgIpc) is 2.22. The molecule has 0 N–H and O–H groups in total. The average molecular weight is 249 g/mol. The SMILES string of the molecule is CCCCCC=CCCS[P+](=O)OCC. The molecule has 1 unspecified atom stereocenters. The van der Waals surface area contributed by atoms with Crippen LogP contribution in [0.2, 0.25) is 0 Å². The van der Waals surface area contributed by atoms with Gasteiger partial charge in [0.05, 0.1) is 0 Å². The second-order valence-corrected chi connectivity index (χ2v) is 6.27. The van der Waals surface area contributed by atoms with Gasteiger partial charge in [-0.1, -0.05) is 31.9 Å². The van der Waals surface area contributed by atoms with E-state index < -0.39 is 7.23 Å². The largest absolute Gasteiger partial charge is 0.585 e. The molecule has 2 nitrogen and oxygen atoms in total. The monoisotopic (exact) mass is 249 g/mol. The number of hydrogen-bond acceptors (Lipinski definition) is 3. The van der Waals surface area contributed by atoms with E-state index in [0.29, 0.717) is 6.61 Å². The summed E-state index contributed by atoms with van der Waals surface area (Å²) in [5.41, 5.74) is 0. The minimum Gasteiger partial charge on any atom is -0.136 e. The van der Waals surface area contributed by atoms with Gasteiger partial charge in [-0.2, -0.15) is 0 Å². The molecular weight excluding hydrogens is 227 g/mol. The van der Waals surface area contributed by atoms with Gasteiger partial charge >= 0.3 is 7.23 Å². The van der Waals surface area contributed by atoms with Crippen LogP contribution in [0.3, 0.4) is 0 Å². The first kappa shape index (κ1) is 15.2. The molecule has 0 amide bonds. The van der Waals surface area contributed by atoms with Gasteiger partial charge in [-0.05, 0) is 30.8 Å². The van der Waals surface area contributed by atoms with Gasteiger partial charge in [0.1, 0.15) is 6.61 Å². The Morgan fingerprint density at radius 3 is 2.60 bits per heavy atom. The number of hydrogen-bond donors (Lipinski definition) is 0. The Morgan fingerprint density at radius 2 is 1.93 bits per heavy atom. The number of unbranched alkanes of at least 4 members (excludes halogenated alkanes) is 3. The van der Waals surface area contributed by atoms with Crippen molar-refractivity contribution in [1.82, 2.24) is 0 Å². The summed E-state index contributed by atoms with van der Waals surface area (Å²) in [6.45, 7) is 4.61. The van der Waals surface area contributed by atoms with Gasteiger partial charge in [0.15, 0.2) is 11.4 Å². The summed E-state index contributed by atoms with van der Waals surface area (Å²) < 4.78 is 16.0. The molecule has 0 heterocycles. The minimum absolute atomic E-state index is 0.537. The molecule has 0 aliphatic rings. The Bertz CT molecular complexity index is 183. The Kier molecular flexibility index (Phi) is 12.3. The molecule has 1 atom stereocenters. The Morgan fingerprint density at radius 1 is 1.20 bits per heavy atom. The fraction of sp³-hybridized carbons (Fsp3) is 0.818. The van der Waals surface area contributed by atoms with E-state index in [1.807, 2.05) is 6.92 Å². The lowest BCUT2D eigenvalue weighted by Gasteiger charge is -1.91. The quantitative estimate of drug-likeness (QED) is 0.311. The third kappa shape index (κ3) is 12.1. The van der Waals surface area contributed by atoms with Crippen molar-refractivity contribution >= 4 is 18.6 Å². The van der Waals surface area contributed by atoms with Crippen molar-refractivity contribution in [3.8, 4) is 0 Å². The summed E-state index contributed by atoms with van der Waals surface area (Å²) in [4.78, 5) is 0. The van der Waals surface area contributed by atoms with Gasteiger partial charge in [-0.25, -0.2) is 0 Å². The lowest BCUT2D eigenvalue weighted by molar-refractivity contribution is 0.361. The molecule has 0 saturated carbocycles. The highest BCUT2D eigenvalue weighted by atomic mass is 32.7. The Labute approximate surface area is 98.5 Å². The van der Waals surface area contributed by atoms with Crippen molar-refractivity contribution in [3.63, 3.8) is 0 Å². The fourth-order valence-electron chi connectivity index (χ4n) is 1.09. The van der Waals surface area contributed by atoms with Gasteiger partial charge in [0.25, 0.3) is 0 Å². The third-order valence-corrected chi connectivity index (χ3v) is 4.45. The maximum Gasteiger partial charge on any atom is 0.585 e. The van der Waals surface area contributed by atoms with Crippen molar-refractivity contribution in [2.75, 3.05) is 12.4 Å². The highest BCUT2D eigenvalue weighted by Gasteiger charge is 2.16. The molecule has 0 aromatic carbocycles. The summed E-state index contributed by atoms with van der Waals surface area (Å²) in [5.74, 6) is 0.888. The van der Waals surface area contributed by atoms with Crippen LogP contribution in [-0.4, -0.2) is 12.4 Å². The lowest BCUT2D eigenvalue weighted by Crippen LogP contribution is -1.77. The van der Waals surface area contributed by atoms with Crippen molar-refractivity contribution < 1.29 is 9.09 Å². The van der Waals surface area contributed by atoms with Crippen LogP contribution in [0.1, 0.15) is 46.0 Å². The Hall–Kier alpha value is 0.150. The minimum atomic E-state index is -1.48. The summed E-state index contributed by atoms with van der Waals surface area (Å²) in [7, 11) is -1.48. The van der Waals surface area contributed by atoms with E-state index in [0.717, 1.165) is 12.2 Å². The maximum absolute atomic E-state index is 11.1. The zero-order valence-corrected chi connectivity index (χ0v) is 11.5. The van der Waals surface area contributed by atoms with Crippen LogP contribution in [0.5, 0.6) is 0 Å². The van der Waals surface area contributed by atoms with Crippen LogP contribution in [0.25, 0.3) is 0 Å². The molecular formula is C11H22O2PS+. The second kappa shape index (κ2) is 12.2. The van der Waals surface area contributed by atoms with Crippen molar-refractivity contribution in [2.45, 2.75) is 46.0 Å². The molecule has 15 heavy (non-hydrogen) atoms. The first-order valence-electron chi connectivity index (χ1n) is 5.69. The molecule has 0 radical (unpaired) electrons. The van der Waals surface area contributed by atoms with E-state index in [4.69, 9.17) is 4.52 Å². The van der Waals surface area contributed by atoms with Crippen LogP contribution in [0, 0.1) is 0 Å². The molecule has 0 aliphatic carbocycles. The van der Waals surface area contributed by atoms with E-state index in [1.54, 1.807) is 0 Å². The predicted octanol–water partition coefficient (Wildman–Crippen LogP) is 4.94. The van der Waals surface area contributed by atoms with Gasteiger partial charge in [-0.15, -0.1) is 4.52 Å². The van der Waals surface area contributed by atoms with E-state index >= 15 is 0 Å². The van der Waals surface area contributed by atoms with Crippen molar-refractivity contribution in [3.05, 3.63) is 12.2 Å². The molecule has 0 fully saturated rings. The number of allylic oxidation sites excluding steroid dienone is 2. The molecule has 0 spiro atoms. The Balaban J connectivity index is 3.19. The van der Waals surface area contributed by atoms with Crippen LogP contribution >= 0.6 is 18.6 Å². The van der Waals surface area contributed by atoms with Crippen LogP contribution in [0.15, 0.2) is 12.2 Å². The summed E-state index contributed by atoms with van der Waals surface area (Å²) in [5, 5.41) is 0. The molecule has 0 aromatic rings. The molecule has 0 bridgehead atoms. The van der Waals surface area contributed by atoms with Crippen molar-refractivity contribution in [1.29, 1.82) is 0 Å². The normalized spacial score (nSPS) is 12.3. The van der Waals surface area contributed by atoms with Crippen LogP contribution in [0.4, 0.5) is 0 Å². The van der Waals surface area contributed by atoms with Crippen LogP contribution < -0.4 is 0 Å². The summed E-state index contributed by atoms with van der Waals surface area (Å²) in [6.07, 6.45) is 10.4. The van der Waals surface area contributed by atoms with Gasteiger partial charge in [-0.3, -0.25) is 0 Å². The topological polar surface area (TPSA) is 26.3 Å². The standard InChI is InChI=1S/C11H22O2PS/c1-3-5-6-7-8-9-10-11-15-14(12)13-4-2/h8-9H,3-7,10-11H2,1-2H3/q+1. The van der Waals surface area contributed by atoms with Gasteiger partial charge in [0, 0.05) is 5.75 Å². The summed E-state index contributed by atoms with van der Waals surface area (Å²) in [6, 6.07) is 0. The highest BCUT2D eigenvalue weighted by Crippen LogP contribution is 2.38. The molecule has 0 aliphatic heterocycles. The highest BCUT2D eigenvalue weighted by molar-refractivity contribution is 8.50. The third-order valence-electron chi connectivity index (χ3n) is 1.86. The molecule has 0 saturated heterocycles. The lowest BCUT2D eigenvalue weighted by atomic mass is 10.2. The zero-order valence-electron chi connectivity index (χ0n) is 9.78. The first-order chi connectivity index (χ1) is 7.31. The first-order valence-corrected chi connectivity index (χ1v) is 8.46. The van der Waals surface area contributed by atoms with Gasteiger partial charge < -0.3 is 0 Å². The fourth-order valence-corrected chi connectivity index (χ4v) is 3.07. The summed E-state index contributed by atoms with van der Waals surface area (Å²) >= 11 is 1.41. The van der Waals surface area contributed by atoms with E-state index in [9.17, 15) is 4.57 Å². The smallest absolute Gasteiger partial charge is 0.136 e. The van der Waals surface area contributed by atoms with Gasteiger partial charge in [0.2, 0.25) is 0 Å². The van der Waals surface area contributed by atoms with E-state index in [2.05, 4.69) is 19.1 Å². The number of rotatable bonds is 10. The molecule has 0 rings (SSSR count). The van der Waals surface area contributed by atoms with E-state index in [-0.39, 0.29) is 0 Å². The second-order valence-electron chi connectivity index (χ2n) is 3.23. The maximum atomic E-state index is 11.1. The zero-order chi connectivity index (χ0) is 11.4. The molecule has 4 heteroatoms. The van der Waals surface area contributed by atoms with E-state index in [1.165, 1.54) is 37.1 Å². The van der Waals surface area contributed by atoms with Crippen LogP contribution in [-0.2, 0) is 9.09 Å². The molecule has 88 valence electrons. The molecule has 0 aromatic heterocycles.